The third kappa shape index (κ3) is 2.24. The van der Waals surface area contributed by atoms with Gasteiger partial charge >= 0.3 is 0 Å². The fourth-order valence-corrected chi connectivity index (χ4v) is 1.54. The quantitative estimate of drug-likeness (QED) is 0.703. The van der Waals surface area contributed by atoms with Gasteiger partial charge in [0.15, 0.2) is 0 Å². The van der Waals surface area contributed by atoms with E-state index in [4.69, 9.17) is 4.74 Å². The van der Waals surface area contributed by atoms with E-state index in [0.29, 0.717) is 0 Å². The number of allylic oxidation sites excluding steroid dienone is 1. The molecule has 1 rings (SSSR count). The van der Waals surface area contributed by atoms with Gasteiger partial charge in [-0.3, -0.25) is 0 Å². The minimum Gasteiger partial charge on any atom is -0.495 e. The van der Waals surface area contributed by atoms with E-state index in [1.165, 1.54) is 0 Å². The molecule has 1 unspecified atom stereocenters. The highest BCUT2D eigenvalue weighted by molar-refractivity contribution is 5.09. The van der Waals surface area contributed by atoms with E-state index in [-0.39, 0.29) is 0 Å². The van der Waals surface area contributed by atoms with E-state index in [1.54, 1.807) is 0 Å². The van der Waals surface area contributed by atoms with E-state index in [9.17, 15) is 5.11 Å². The van der Waals surface area contributed by atoms with Crippen LogP contribution < -0.4 is 0 Å². The summed E-state index contributed by atoms with van der Waals surface area (Å²) in [5, 5.41) is 9.95. The zero-order valence-corrected chi connectivity index (χ0v) is 7.97. The van der Waals surface area contributed by atoms with Crippen LogP contribution in [0.15, 0.2) is 11.8 Å². The van der Waals surface area contributed by atoms with Gasteiger partial charge in [-0.2, -0.15) is 0 Å². The van der Waals surface area contributed by atoms with Gasteiger partial charge in [0.2, 0.25) is 0 Å². The molecule has 1 atom stereocenters. The lowest BCUT2D eigenvalue weighted by molar-refractivity contribution is 0.0115. The molecular formula is C10H18O2. The summed E-state index contributed by atoms with van der Waals surface area (Å²) >= 11 is 0. The molecule has 2 nitrogen and oxygen atoms in total. The molecule has 0 aromatic heterocycles. The van der Waals surface area contributed by atoms with Gasteiger partial charge in [-0.15, -0.1) is 0 Å². The predicted octanol–water partition coefficient (Wildman–Crippen LogP) is 2.23. The van der Waals surface area contributed by atoms with Gasteiger partial charge in [-0.25, -0.2) is 0 Å². The molecule has 0 fully saturated rings. The predicted molar refractivity (Wildman–Crippen MR) is 48.8 cm³/mol. The smallest absolute Gasteiger partial charge is 0.123 e. The maximum absolute atomic E-state index is 9.95. The lowest BCUT2D eigenvalue weighted by atomic mass is 9.96. The topological polar surface area (TPSA) is 29.5 Å². The Labute approximate surface area is 74.2 Å². The summed E-state index contributed by atoms with van der Waals surface area (Å²) in [5.74, 6) is 0.774. The molecule has 0 aliphatic carbocycles. The van der Waals surface area contributed by atoms with Crippen molar-refractivity contribution < 1.29 is 9.84 Å². The highest BCUT2D eigenvalue weighted by Gasteiger charge is 2.27. The van der Waals surface area contributed by atoms with Crippen molar-refractivity contribution in [3.63, 3.8) is 0 Å². The lowest BCUT2D eigenvalue weighted by Crippen LogP contribution is -2.29. The van der Waals surface area contributed by atoms with Crippen molar-refractivity contribution in [1.82, 2.24) is 0 Å². The Morgan fingerprint density at radius 2 is 2.42 bits per heavy atom. The average Bonchev–Trinajstić information content (AvgIpc) is 2.06. The van der Waals surface area contributed by atoms with E-state index in [0.717, 1.165) is 38.0 Å². The van der Waals surface area contributed by atoms with Gasteiger partial charge in [-0.1, -0.05) is 13.3 Å². The summed E-state index contributed by atoms with van der Waals surface area (Å²) in [4.78, 5) is 0. The van der Waals surface area contributed by atoms with Crippen LogP contribution in [0.1, 0.15) is 39.5 Å². The van der Waals surface area contributed by atoms with E-state index in [1.807, 2.05) is 13.0 Å². The molecule has 0 bridgehead atoms. The summed E-state index contributed by atoms with van der Waals surface area (Å²) < 4.78 is 5.41. The van der Waals surface area contributed by atoms with Crippen molar-refractivity contribution in [2.24, 2.45) is 0 Å². The fraction of sp³-hybridized carbons (Fsp3) is 0.800. The van der Waals surface area contributed by atoms with Crippen LogP contribution >= 0.6 is 0 Å². The first kappa shape index (κ1) is 9.59. The molecule has 0 aromatic rings. The second-order valence-electron chi connectivity index (χ2n) is 3.58. The van der Waals surface area contributed by atoms with Crippen LogP contribution in [0.5, 0.6) is 0 Å². The molecule has 0 spiro atoms. The number of hydrogen-bond acceptors (Lipinski definition) is 2. The van der Waals surface area contributed by atoms with Crippen LogP contribution in [-0.2, 0) is 4.74 Å². The maximum atomic E-state index is 9.95. The molecule has 2 heteroatoms. The first-order valence-corrected chi connectivity index (χ1v) is 4.72. The zero-order chi connectivity index (χ0) is 9.03. The van der Waals surface area contributed by atoms with E-state index < -0.39 is 5.60 Å². The second-order valence-corrected chi connectivity index (χ2v) is 3.58. The lowest BCUT2D eigenvalue weighted by Gasteiger charge is -2.28. The molecule has 0 saturated carbocycles. The second kappa shape index (κ2) is 3.94. The summed E-state index contributed by atoms with van der Waals surface area (Å²) in [5.41, 5.74) is -0.741. The summed E-state index contributed by atoms with van der Waals surface area (Å²) in [6, 6.07) is 0. The molecule has 0 saturated heterocycles. The fourth-order valence-electron chi connectivity index (χ4n) is 1.54. The number of aliphatic hydroxyl groups is 1. The molecular weight excluding hydrogens is 152 g/mol. The highest BCUT2D eigenvalue weighted by Crippen LogP contribution is 2.26. The number of ether oxygens (including phenoxy) is 1. The number of rotatable bonds is 3. The summed E-state index contributed by atoms with van der Waals surface area (Å²) in [7, 11) is 0. The molecule has 70 valence electrons. The zero-order valence-electron chi connectivity index (χ0n) is 7.97. The van der Waals surface area contributed by atoms with E-state index >= 15 is 0 Å². The summed E-state index contributed by atoms with van der Waals surface area (Å²) in [6.45, 7) is 4.65. The first-order chi connectivity index (χ1) is 5.67. The van der Waals surface area contributed by atoms with Crippen LogP contribution in [0.25, 0.3) is 0 Å². The van der Waals surface area contributed by atoms with Crippen molar-refractivity contribution in [3.8, 4) is 0 Å². The van der Waals surface area contributed by atoms with Crippen LogP contribution in [0.4, 0.5) is 0 Å². The minimum atomic E-state index is -0.741. The van der Waals surface area contributed by atoms with Gasteiger partial charge in [0.05, 0.1) is 6.61 Å². The maximum Gasteiger partial charge on any atom is 0.123 e. The Balaban J connectivity index is 2.59. The monoisotopic (exact) mass is 170 g/mol. The molecule has 12 heavy (non-hydrogen) atoms. The molecule has 0 aromatic carbocycles. The van der Waals surface area contributed by atoms with Crippen LogP contribution in [0.3, 0.4) is 0 Å². The Morgan fingerprint density at radius 3 is 2.92 bits per heavy atom. The van der Waals surface area contributed by atoms with Gasteiger partial charge in [-0.05, 0) is 32.3 Å². The van der Waals surface area contributed by atoms with Gasteiger partial charge in [0, 0.05) is 0 Å². The first-order valence-electron chi connectivity index (χ1n) is 4.72. The van der Waals surface area contributed by atoms with Crippen molar-refractivity contribution >= 4 is 0 Å². The minimum absolute atomic E-state index is 0.741. The van der Waals surface area contributed by atoms with Gasteiger partial charge < -0.3 is 9.84 Å². The molecule has 1 N–H and O–H groups in total. The van der Waals surface area contributed by atoms with Crippen molar-refractivity contribution in [2.75, 3.05) is 6.61 Å². The van der Waals surface area contributed by atoms with Gasteiger partial charge in [0.25, 0.3) is 0 Å². The Kier molecular flexibility index (Phi) is 3.15. The van der Waals surface area contributed by atoms with E-state index in [2.05, 4.69) is 6.92 Å². The molecule has 0 radical (unpaired) electrons. The third-order valence-electron chi connectivity index (χ3n) is 2.20. The van der Waals surface area contributed by atoms with Crippen molar-refractivity contribution in [1.29, 1.82) is 0 Å². The SMILES string of the molecule is CCCC(C)(O)C1=CCCCO1. The van der Waals surface area contributed by atoms with Crippen LogP contribution in [-0.4, -0.2) is 17.3 Å². The Hall–Kier alpha value is -0.500. The molecule has 1 aliphatic heterocycles. The average molecular weight is 170 g/mol. The largest absolute Gasteiger partial charge is 0.495 e. The van der Waals surface area contributed by atoms with Gasteiger partial charge in [0.1, 0.15) is 11.4 Å². The van der Waals surface area contributed by atoms with Crippen molar-refractivity contribution in [3.05, 3.63) is 11.8 Å². The molecule has 1 aliphatic rings. The summed E-state index contributed by atoms with van der Waals surface area (Å²) in [6.07, 6.45) is 5.88. The normalized spacial score (nSPS) is 22.4. The third-order valence-corrected chi connectivity index (χ3v) is 2.20. The number of hydrogen-bond donors (Lipinski definition) is 1. The van der Waals surface area contributed by atoms with Crippen molar-refractivity contribution in [2.45, 2.75) is 45.1 Å². The molecule has 1 heterocycles. The van der Waals surface area contributed by atoms with Crippen LogP contribution in [0.2, 0.25) is 0 Å². The van der Waals surface area contributed by atoms with Crippen LogP contribution in [0, 0.1) is 0 Å². The standard InChI is InChI=1S/C10H18O2/c1-3-7-10(2,11)9-6-4-5-8-12-9/h6,11H,3-5,7-8H2,1-2H3. The Morgan fingerprint density at radius 1 is 1.67 bits per heavy atom. The highest BCUT2D eigenvalue weighted by atomic mass is 16.5. The molecule has 0 amide bonds. The Bertz CT molecular complexity index is 171.